The van der Waals surface area contributed by atoms with Crippen molar-refractivity contribution >= 4 is 17.7 Å². The van der Waals surface area contributed by atoms with E-state index in [0.717, 1.165) is 12.0 Å². The van der Waals surface area contributed by atoms with Crippen molar-refractivity contribution in [2.45, 2.75) is 6.42 Å². The van der Waals surface area contributed by atoms with E-state index in [2.05, 4.69) is 0 Å². The molecular formula is C10H12ClNO. The summed E-state index contributed by atoms with van der Waals surface area (Å²) in [5.74, 6) is 0.181. The number of phenols is 1. The van der Waals surface area contributed by atoms with Crippen LogP contribution in [-0.4, -0.2) is 11.7 Å². The van der Waals surface area contributed by atoms with Crippen LogP contribution in [0.4, 0.5) is 0 Å². The zero-order chi connectivity index (χ0) is 9.68. The Morgan fingerprint density at radius 1 is 1.46 bits per heavy atom. The molecule has 1 aromatic carbocycles. The standard InChI is InChI=1S/C10H12ClNO/c11-10-7-9(13)5-4-8(10)3-1-2-6-12/h1,3-5,7,13H,2,6,12H2. The Balaban J connectivity index is 2.77. The van der Waals surface area contributed by atoms with E-state index in [1.165, 1.54) is 6.07 Å². The minimum absolute atomic E-state index is 0.181. The quantitative estimate of drug-likeness (QED) is 0.782. The van der Waals surface area contributed by atoms with Crippen LogP contribution in [-0.2, 0) is 0 Å². The maximum atomic E-state index is 9.08. The lowest BCUT2D eigenvalue weighted by Gasteiger charge is -1.98. The molecule has 0 radical (unpaired) electrons. The molecule has 0 aromatic heterocycles. The van der Waals surface area contributed by atoms with Crippen LogP contribution in [0.3, 0.4) is 0 Å². The van der Waals surface area contributed by atoms with Gasteiger partial charge in [0, 0.05) is 0 Å². The molecule has 0 amide bonds. The van der Waals surface area contributed by atoms with Gasteiger partial charge in [-0.25, -0.2) is 0 Å². The molecule has 0 aliphatic heterocycles. The van der Waals surface area contributed by atoms with Gasteiger partial charge in [-0.2, -0.15) is 0 Å². The molecular weight excluding hydrogens is 186 g/mol. The lowest BCUT2D eigenvalue weighted by molar-refractivity contribution is 0.475. The fourth-order valence-corrected chi connectivity index (χ4v) is 1.20. The minimum Gasteiger partial charge on any atom is -0.508 e. The summed E-state index contributed by atoms with van der Waals surface area (Å²) in [5, 5.41) is 9.63. The van der Waals surface area contributed by atoms with Gasteiger partial charge in [0.15, 0.2) is 0 Å². The van der Waals surface area contributed by atoms with Gasteiger partial charge in [-0.05, 0) is 36.7 Å². The number of phenolic OH excluding ortho intramolecular Hbond substituents is 1. The second-order valence-electron chi connectivity index (χ2n) is 2.69. The third kappa shape index (κ3) is 3.09. The predicted octanol–water partition coefficient (Wildman–Crippen LogP) is 2.41. The minimum atomic E-state index is 0.181. The van der Waals surface area contributed by atoms with E-state index in [1.807, 2.05) is 12.2 Å². The summed E-state index contributed by atoms with van der Waals surface area (Å²) in [4.78, 5) is 0. The van der Waals surface area contributed by atoms with Crippen LogP contribution in [0.1, 0.15) is 12.0 Å². The number of hydrogen-bond acceptors (Lipinski definition) is 2. The molecule has 0 aliphatic rings. The molecule has 0 aliphatic carbocycles. The average Bonchev–Trinajstić information content (AvgIpc) is 2.09. The molecule has 3 heteroatoms. The molecule has 0 saturated carbocycles. The summed E-state index contributed by atoms with van der Waals surface area (Å²) in [5.41, 5.74) is 6.23. The van der Waals surface area contributed by atoms with Gasteiger partial charge in [-0.15, -0.1) is 0 Å². The SMILES string of the molecule is NCCC=Cc1ccc(O)cc1Cl. The normalized spacial score (nSPS) is 10.9. The number of hydrogen-bond donors (Lipinski definition) is 2. The van der Waals surface area contributed by atoms with Crippen LogP contribution in [0.5, 0.6) is 5.75 Å². The van der Waals surface area contributed by atoms with Crippen LogP contribution in [0, 0.1) is 0 Å². The highest BCUT2D eigenvalue weighted by Gasteiger charge is 1.96. The first-order valence-electron chi connectivity index (χ1n) is 4.09. The molecule has 0 fully saturated rings. The molecule has 0 spiro atoms. The Labute approximate surface area is 82.6 Å². The molecule has 0 atom stereocenters. The van der Waals surface area contributed by atoms with Crippen LogP contribution in [0.15, 0.2) is 24.3 Å². The molecule has 0 bridgehead atoms. The molecule has 13 heavy (non-hydrogen) atoms. The van der Waals surface area contributed by atoms with Crippen LogP contribution >= 0.6 is 11.6 Å². The van der Waals surface area contributed by atoms with Crippen molar-refractivity contribution in [1.82, 2.24) is 0 Å². The molecule has 0 heterocycles. The Kier molecular flexibility index (Phi) is 3.80. The van der Waals surface area contributed by atoms with Gasteiger partial charge in [0.25, 0.3) is 0 Å². The first-order valence-corrected chi connectivity index (χ1v) is 4.47. The van der Waals surface area contributed by atoms with Crippen molar-refractivity contribution in [2.24, 2.45) is 5.73 Å². The summed E-state index contributed by atoms with van der Waals surface area (Å²) in [6.07, 6.45) is 4.68. The molecule has 3 N–H and O–H groups in total. The van der Waals surface area contributed by atoms with Gasteiger partial charge in [0.05, 0.1) is 5.02 Å². The van der Waals surface area contributed by atoms with E-state index >= 15 is 0 Å². The number of benzene rings is 1. The molecule has 0 unspecified atom stereocenters. The second kappa shape index (κ2) is 4.90. The zero-order valence-electron chi connectivity index (χ0n) is 7.20. The maximum Gasteiger partial charge on any atom is 0.117 e. The van der Waals surface area contributed by atoms with E-state index in [0.29, 0.717) is 11.6 Å². The van der Waals surface area contributed by atoms with Crippen LogP contribution in [0.25, 0.3) is 6.08 Å². The molecule has 0 saturated heterocycles. The van der Waals surface area contributed by atoms with Crippen molar-refractivity contribution < 1.29 is 5.11 Å². The Hall–Kier alpha value is -0.990. The molecule has 1 rings (SSSR count). The summed E-state index contributed by atoms with van der Waals surface area (Å²) >= 11 is 5.87. The zero-order valence-corrected chi connectivity index (χ0v) is 7.96. The van der Waals surface area contributed by atoms with Gasteiger partial charge < -0.3 is 10.8 Å². The highest BCUT2D eigenvalue weighted by atomic mass is 35.5. The maximum absolute atomic E-state index is 9.08. The third-order valence-corrected chi connectivity index (χ3v) is 1.94. The first-order chi connectivity index (χ1) is 6.24. The summed E-state index contributed by atoms with van der Waals surface area (Å²) in [6, 6.07) is 4.89. The molecule has 1 aromatic rings. The Morgan fingerprint density at radius 3 is 2.85 bits per heavy atom. The third-order valence-electron chi connectivity index (χ3n) is 1.61. The van der Waals surface area contributed by atoms with Crippen molar-refractivity contribution in [3.8, 4) is 5.75 Å². The van der Waals surface area contributed by atoms with Crippen molar-refractivity contribution in [2.75, 3.05) is 6.54 Å². The van der Waals surface area contributed by atoms with Gasteiger partial charge in [0.1, 0.15) is 5.75 Å². The predicted molar refractivity (Wildman–Crippen MR) is 55.8 cm³/mol. The van der Waals surface area contributed by atoms with E-state index in [-0.39, 0.29) is 5.75 Å². The molecule has 70 valence electrons. The smallest absolute Gasteiger partial charge is 0.117 e. The monoisotopic (exact) mass is 197 g/mol. The number of halogens is 1. The number of rotatable bonds is 3. The van der Waals surface area contributed by atoms with Gasteiger partial charge in [-0.3, -0.25) is 0 Å². The second-order valence-corrected chi connectivity index (χ2v) is 3.09. The Morgan fingerprint density at radius 2 is 2.23 bits per heavy atom. The summed E-state index contributed by atoms with van der Waals surface area (Å²) < 4.78 is 0. The lowest BCUT2D eigenvalue weighted by Crippen LogP contribution is -1.94. The molecule has 2 nitrogen and oxygen atoms in total. The van der Waals surface area contributed by atoms with Gasteiger partial charge >= 0.3 is 0 Å². The summed E-state index contributed by atoms with van der Waals surface area (Å²) in [6.45, 7) is 0.631. The summed E-state index contributed by atoms with van der Waals surface area (Å²) in [7, 11) is 0. The Bertz CT molecular complexity index is 310. The lowest BCUT2D eigenvalue weighted by atomic mass is 10.2. The first kappa shape index (κ1) is 10.1. The highest BCUT2D eigenvalue weighted by Crippen LogP contribution is 2.22. The van der Waals surface area contributed by atoms with Crippen LogP contribution in [0.2, 0.25) is 5.02 Å². The van der Waals surface area contributed by atoms with E-state index in [4.69, 9.17) is 22.4 Å². The van der Waals surface area contributed by atoms with Gasteiger partial charge in [-0.1, -0.05) is 23.8 Å². The van der Waals surface area contributed by atoms with Crippen molar-refractivity contribution in [3.63, 3.8) is 0 Å². The van der Waals surface area contributed by atoms with Gasteiger partial charge in [0.2, 0.25) is 0 Å². The van der Waals surface area contributed by atoms with Crippen molar-refractivity contribution in [3.05, 3.63) is 34.9 Å². The fourth-order valence-electron chi connectivity index (χ4n) is 0.958. The van der Waals surface area contributed by atoms with Crippen LogP contribution < -0.4 is 5.73 Å². The average molecular weight is 198 g/mol. The highest BCUT2D eigenvalue weighted by molar-refractivity contribution is 6.32. The largest absolute Gasteiger partial charge is 0.508 e. The number of nitrogens with two attached hydrogens (primary N) is 1. The topological polar surface area (TPSA) is 46.2 Å². The number of aromatic hydroxyl groups is 1. The fraction of sp³-hybridized carbons (Fsp3) is 0.200. The van der Waals surface area contributed by atoms with E-state index in [1.54, 1.807) is 12.1 Å². The van der Waals surface area contributed by atoms with Crippen molar-refractivity contribution in [1.29, 1.82) is 0 Å². The van der Waals surface area contributed by atoms with E-state index in [9.17, 15) is 0 Å². The van der Waals surface area contributed by atoms with E-state index < -0.39 is 0 Å².